The van der Waals surface area contributed by atoms with Crippen molar-refractivity contribution < 1.29 is 24.5 Å². The first-order valence-electron chi connectivity index (χ1n) is 9.41. The number of nitrogens with zero attached hydrogens (tertiary/aromatic N) is 2. The molecule has 0 spiro atoms. The second-order valence-electron chi connectivity index (χ2n) is 6.65. The van der Waals surface area contributed by atoms with Gasteiger partial charge >= 0.3 is 0 Å². The van der Waals surface area contributed by atoms with Gasteiger partial charge in [-0.15, -0.1) is 10.2 Å². The molecule has 1 aliphatic rings. The molecule has 1 fully saturated rings. The Balaban J connectivity index is 1.57. The lowest BCUT2D eigenvalue weighted by atomic mass is 10.0. The van der Waals surface area contributed by atoms with Crippen LogP contribution in [0, 0.1) is 0 Å². The van der Waals surface area contributed by atoms with Gasteiger partial charge in [-0.3, -0.25) is 4.79 Å². The summed E-state index contributed by atoms with van der Waals surface area (Å²) in [6, 6.07) is 10.6. The van der Waals surface area contributed by atoms with Crippen molar-refractivity contribution in [2.45, 2.75) is 38.1 Å². The first-order valence-corrected chi connectivity index (χ1v) is 9.41. The molecule has 28 heavy (non-hydrogen) atoms. The molecule has 0 saturated carbocycles. The van der Waals surface area contributed by atoms with Crippen LogP contribution in [-0.2, 0) is 4.74 Å². The maximum Gasteiger partial charge on any atom is 0.271 e. The lowest BCUT2D eigenvalue weighted by Gasteiger charge is -2.31. The van der Waals surface area contributed by atoms with Gasteiger partial charge in [0.15, 0.2) is 5.69 Å². The number of rotatable bonds is 7. The van der Waals surface area contributed by atoms with Crippen LogP contribution >= 0.6 is 0 Å². The first-order chi connectivity index (χ1) is 13.6. The number of aromatic nitrogens is 2. The number of ether oxygens (including phenoxy) is 2. The van der Waals surface area contributed by atoms with Gasteiger partial charge in [0.1, 0.15) is 24.6 Å². The number of aliphatic hydroxyl groups is 2. The molecule has 150 valence electrons. The van der Waals surface area contributed by atoms with Crippen molar-refractivity contribution in [3.63, 3.8) is 0 Å². The van der Waals surface area contributed by atoms with E-state index in [0.717, 1.165) is 12.0 Å². The molecule has 0 aliphatic carbocycles. The molecular weight excluding hydrogens is 362 g/mol. The van der Waals surface area contributed by atoms with Gasteiger partial charge in [-0.05, 0) is 49.2 Å². The van der Waals surface area contributed by atoms with Gasteiger partial charge in [-0.1, -0.05) is 6.92 Å². The maximum absolute atomic E-state index is 11.9. The molecule has 3 rings (SSSR count). The molecule has 1 aliphatic heterocycles. The lowest BCUT2D eigenvalue weighted by Crippen LogP contribution is -2.47. The number of benzene rings is 1. The van der Waals surface area contributed by atoms with E-state index in [1.54, 1.807) is 24.3 Å². The Morgan fingerprint density at radius 1 is 1.21 bits per heavy atom. The Bertz CT molecular complexity index is 766. The lowest BCUT2D eigenvalue weighted by molar-refractivity contribution is -0.144. The first kappa shape index (κ1) is 20.2. The second kappa shape index (κ2) is 9.59. The van der Waals surface area contributed by atoms with E-state index in [-0.39, 0.29) is 18.2 Å². The van der Waals surface area contributed by atoms with Gasteiger partial charge in [-0.2, -0.15) is 0 Å². The van der Waals surface area contributed by atoms with Crippen molar-refractivity contribution in [2.75, 3.05) is 19.8 Å². The van der Waals surface area contributed by atoms with Gasteiger partial charge in [0.2, 0.25) is 0 Å². The van der Waals surface area contributed by atoms with E-state index in [1.807, 2.05) is 19.1 Å². The SMILES string of the molecule is CCCNC(=O)c1ccc(-c2ccc(OCC3OCCC(O)C3O)cc2)nn1. The third kappa shape index (κ3) is 5.03. The number of carbonyl (C=O) groups is 1. The Morgan fingerprint density at radius 2 is 2.00 bits per heavy atom. The van der Waals surface area contributed by atoms with Crippen LogP contribution < -0.4 is 10.1 Å². The number of aliphatic hydroxyl groups excluding tert-OH is 2. The minimum atomic E-state index is -0.948. The number of hydrogen-bond acceptors (Lipinski definition) is 7. The van der Waals surface area contributed by atoms with Crippen LogP contribution in [0.1, 0.15) is 30.3 Å². The zero-order valence-corrected chi connectivity index (χ0v) is 15.7. The van der Waals surface area contributed by atoms with E-state index in [2.05, 4.69) is 15.5 Å². The maximum atomic E-state index is 11.9. The molecular formula is C20H25N3O5. The fourth-order valence-electron chi connectivity index (χ4n) is 2.84. The molecule has 3 N–H and O–H groups in total. The highest BCUT2D eigenvalue weighted by atomic mass is 16.5. The van der Waals surface area contributed by atoms with Gasteiger partial charge in [-0.25, -0.2) is 0 Å². The van der Waals surface area contributed by atoms with Crippen molar-refractivity contribution in [3.8, 4) is 17.0 Å². The molecule has 1 aromatic heterocycles. The van der Waals surface area contributed by atoms with Crippen molar-refractivity contribution in [1.29, 1.82) is 0 Å². The quantitative estimate of drug-likeness (QED) is 0.653. The predicted molar refractivity (Wildman–Crippen MR) is 102 cm³/mol. The highest BCUT2D eigenvalue weighted by Gasteiger charge is 2.31. The third-order valence-corrected chi connectivity index (χ3v) is 4.52. The number of hydrogen-bond donors (Lipinski definition) is 3. The summed E-state index contributed by atoms with van der Waals surface area (Å²) in [5.74, 6) is 0.380. The monoisotopic (exact) mass is 387 g/mol. The summed E-state index contributed by atoms with van der Waals surface area (Å²) in [4.78, 5) is 11.9. The van der Waals surface area contributed by atoms with E-state index in [9.17, 15) is 15.0 Å². The van der Waals surface area contributed by atoms with E-state index in [0.29, 0.717) is 31.0 Å². The molecule has 1 amide bonds. The van der Waals surface area contributed by atoms with Crippen molar-refractivity contribution in [1.82, 2.24) is 15.5 Å². The number of amides is 1. The van der Waals surface area contributed by atoms with Crippen molar-refractivity contribution in [2.24, 2.45) is 0 Å². The van der Waals surface area contributed by atoms with Crippen LogP contribution in [-0.4, -0.2) is 64.4 Å². The molecule has 2 aromatic rings. The topological polar surface area (TPSA) is 114 Å². The Kier molecular flexibility index (Phi) is 6.91. The zero-order chi connectivity index (χ0) is 19.9. The summed E-state index contributed by atoms with van der Waals surface area (Å²) in [5, 5.41) is 30.5. The van der Waals surface area contributed by atoms with E-state index in [4.69, 9.17) is 9.47 Å². The molecule has 8 heteroatoms. The summed E-state index contributed by atoms with van der Waals surface area (Å²) in [6.45, 7) is 3.14. The molecule has 1 saturated heterocycles. The molecule has 3 unspecified atom stereocenters. The minimum Gasteiger partial charge on any atom is -0.491 e. The van der Waals surface area contributed by atoms with E-state index >= 15 is 0 Å². The Labute approximate surface area is 163 Å². The largest absolute Gasteiger partial charge is 0.491 e. The molecule has 1 aromatic carbocycles. The minimum absolute atomic E-state index is 0.152. The summed E-state index contributed by atoms with van der Waals surface area (Å²) in [5.41, 5.74) is 1.77. The molecule has 0 bridgehead atoms. The smallest absolute Gasteiger partial charge is 0.271 e. The second-order valence-corrected chi connectivity index (χ2v) is 6.65. The normalized spacial score (nSPS) is 21.9. The fourth-order valence-corrected chi connectivity index (χ4v) is 2.84. The summed E-state index contributed by atoms with van der Waals surface area (Å²) < 4.78 is 11.1. The third-order valence-electron chi connectivity index (χ3n) is 4.52. The number of carbonyl (C=O) groups excluding carboxylic acids is 1. The van der Waals surface area contributed by atoms with Crippen LogP contribution in [0.4, 0.5) is 0 Å². The zero-order valence-electron chi connectivity index (χ0n) is 15.7. The van der Waals surface area contributed by atoms with Crippen LogP contribution in [0.2, 0.25) is 0 Å². The van der Waals surface area contributed by atoms with Crippen molar-refractivity contribution in [3.05, 3.63) is 42.1 Å². The predicted octanol–water partition coefficient (Wildman–Crippen LogP) is 1.17. The van der Waals surface area contributed by atoms with Crippen LogP contribution in [0.3, 0.4) is 0 Å². The molecule has 0 radical (unpaired) electrons. The molecule has 2 heterocycles. The molecule has 3 atom stereocenters. The summed E-state index contributed by atoms with van der Waals surface area (Å²) >= 11 is 0. The van der Waals surface area contributed by atoms with E-state index < -0.39 is 18.3 Å². The summed E-state index contributed by atoms with van der Waals surface area (Å²) in [6.07, 6.45) is -1.00. The average Bonchev–Trinajstić information content (AvgIpc) is 2.73. The van der Waals surface area contributed by atoms with Crippen LogP contribution in [0.25, 0.3) is 11.3 Å². The van der Waals surface area contributed by atoms with Gasteiger partial charge in [0, 0.05) is 18.7 Å². The fraction of sp³-hybridized carbons (Fsp3) is 0.450. The summed E-state index contributed by atoms with van der Waals surface area (Å²) in [7, 11) is 0. The Hall–Kier alpha value is -2.55. The van der Waals surface area contributed by atoms with Crippen LogP contribution in [0.15, 0.2) is 36.4 Å². The van der Waals surface area contributed by atoms with Gasteiger partial charge in [0.25, 0.3) is 5.91 Å². The average molecular weight is 387 g/mol. The number of nitrogens with one attached hydrogen (secondary N) is 1. The Morgan fingerprint density at radius 3 is 2.68 bits per heavy atom. The van der Waals surface area contributed by atoms with Gasteiger partial charge < -0.3 is 25.0 Å². The standard InChI is InChI=1S/C20H25N3O5/c1-2-10-21-20(26)16-8-7-15(22-23-16)13-3-5-14(6-4-13)28-12-18-19(25)17(24)9-11-27-18/h3-8,17-19,24-25H,2,9-12H2,1H3,(H,21,26). The highest BCUT2D eigenvalue weighted by Crippen LogP contribution is 2.22. The van der Waals surface area contributed by atoms with E-state index in [1.165, 1.54) is 0 Å². The molecule has 8 nitrogen and oxygen atoms in total. The van der Waals surface area contributed by atoms with Crippen molar-refractivity contribution >= 4 is 5.91 Å². The highest BCUT2D eigenvalue weighted by molar-refractivity contribution is 5.92. The van der Waals surface area contributed by atoms with Gasteiger partial charge in [0.05, 0.1) is 11.8 Å². The van der Waals surface area contributed by atoms with Crippen LogP contribution in [0.5, 0.6) is 5.75 Å².